The fraction of sp³-hybridized carbons (Fsp3) is 0. The highest BCUT2D eigenvalue weighted by Gasteiger charge is 1.95. The Morgan fingerprint density at radius 2 is 2.36 bits per heavy atom. The summed E-state index contributed by atoms with van der Waals surface area (Å²) in [6, 6.07) is 5.91. The van der Waals surface area contributed by atoms with Crippen molar-refractivity contribution in [3.63, 3.8) is 0 Å². The quantitative estimate of drug-likeness (QED) is 0.599. The third kappa shape index (κ3) is 0.835. The molecule has 0 atom stereocenters. The van der Waals surface area contributed by atoms with Gasteiger partial charge in [0.25, 0.3) is 0 Å². The van der Waals surface area contributed by atoms with Crippen molar-refractivity contribution < 1.29 is 0 Å². The zero-order chi connectivity index (χ0) is 7.68. The van der Waals surface area contributed by atoms with Crippen LogP contribution in [0.1, 0.15) is 0 Å². The van der Waals surface area contributed by atoms with E-state index in [1.807, 2.05) is 29.0 Å². The van der Waals surface area contributed by atoms with Gasteiger partial charge in [-0.3, -0.25) is 4.98 Å². The van der Waals surface area contributed by atoms with Crippen LogP contribution in [0.3, 0.4) is 0 Å². The van der Waals surface area contributed by atoms with Crippen LogP contribution in [0, 0.1) is 0 Å². The summed E-state index contributed by atoms with van der Waals surface area (Å²) in [6.45, 7) is 3.69. The van der Waals surface area contributed by atoms with E-state index in [1.165, 1.54) is 0 Å². The maximum atomic E-state index is 4.18. The van der Waals surface area contributed by atoms with E-state index in [1.54, 1.807) is 12.4 Å². The maximum absolute atomic E-state index is 4.18. The number of pyridine rings is 1. The van der Waals surface area contributed by atoms with Gasteiger partial charge in [0, 0.05) is 18.6 Å². The molecule has 2 heterocycles. The molecule has 2 heteroatoms. The smallest absolute Gasteiger partial charge is 0.0884 e. The first-order valence-corrected chi connectivity index (χ1v) is 3.46. The zero-order valence-electron chi connectivity index (χ0n) is 6.07. The van der Waals surface area contributed by atoms with Crippen LogP contribution in [0.2, 0.25) is 0 Å². The van der Waals surface area contributed by atoms with Gasteiger partial charge < -0.3 is 4.57 Å². The molecule has 2 nitrogen and oxygen atoms in total. The Morgan fingerprint density at radius 3 is 3.18 bits per heavy atom. The fourth-order valence-electron chi connectivity index (χ4n) is 1.15. The molecular formula is C9H8N2. The number of rotatable bonds is 1. The van der Waals surface area contributed by atoms with Gasteiger partial charge >= 0.3 is 0 Å². The maximum Gasteiger partial charge on any atom is 0.0884 e. The molecule has 0 spiro atoms. The average molecular weight is 144 g/mol. The monoisotopic (exact) mass is 144 g/mol. The summed E-state index contributed by atoms with van der Waals surface area (Å²) < 4.78 is 1.95. The van der Waals surface area contributed by atoms with Crippen LogP contribution >= 0.6 is 0 Å². The number of nitrogens with zero attached hydrogens (tertiary/aromatic N) is 2. The minimum atomic E-state index is 1.01. The first-order valence-electron chi connectivity index (χ1n) is 3.46. The van der Waals surface area contributed by atoms with Gasteiger partial charge in [-0.15, -0.1) is 0 Å². The molecule has 2 aromatic rings. The van der Waals surface area contributed by atoms with Crippen LogP contribution in [0.15, 0.2) is 37.2 Å². The largest absolute Gasteiger partial charge is 0.322 e. The van der Waals surface area contributed by atoms with Gasteiger partial charge in [-0.05, 0) is 18.2 Å². The van der Waals surface area contributed by atoms with Gasteiger partial charge in [0.2, 0.25) is 0 Å². The molecule has 0 aliphatic rings. The van der Waals surface area contributed by atoms with Crippen molar-refractivity contribution in [2.24, 2.45) is 0 Å². The average Bonchev–Trinajstić information content (AvgIpc) is 2.47. The van der Waals surface area contributed by atoms with Gasteiger partial charge in [-0.1, -0.05) is 6.58 Å². The van der Waals surface area contributed by atoms with E-state index < -0.39 is 0 Å². The Labute approximate surface area is 64.8 Å². The molecule has 2 aromatic heterocycles. The number of hydrogen-bond donors (Lipinski definition) is 0. The molecule has 0 saturated heterocycles. The van der Waals surface area contributed by atoms with E-state index in [0.717, 1.165) is 11.0 Å². The molecular weight excluding hydrogens is 136 g/mol. The molecule has 0 fully saturated rings. The van der Waals surface area contributed by atoms with Gasteiger partial charge in [0.15, 0.2) is 0 Å². The van der Waals surface area contributed by atoms with E-state index in [-0.39, 0.29) is 0 Å². The van der Waals surface area contributed by atoms with E-state index in [4.69, 9.17) is 0 Å². The molecule has 0 amide bonds. The molecule has 0 aliphatic carbocycles. The normalized spacial score (nSPS) is 10.2. The first kappa shape index (κ1) is 6.16. The van der Waals surface area contributed by atoms with Crippen LogP contribution in [-0.2, 0) is 0 Å². The molecule has 0 unspecified atom stereocenters. The summed E-state index contributed by atoms with van der Waals surface area (Å²) in [7, 11) is 0. The lowest BCUT2D eigenvalue weighted by Gasteiger charge is -1.93. The van der Waals surface area contributed by atoms with Crippen LogP contribution in [-0.4, -0.2) is 9.55 Å². The van der Waals surface area contributed by atoms with Crippen molar-refractivity contribution in [1.82, 2.24) is 9.55 Å². The van der Waals surface area contributed by atoms with Crippen molar-refractivity contribution in [3.8, 4) is 0 Å². The van der Waals surface area contributed by atoms with Crippen LogP contribution in [0.25, 0.3) is 17.2 Å². The molecule has 0 radical (unpaired) electrons. The fourth-order valence-corrected chi connectivity index (χ4v) is 1.15. The highest BCUT2D eigenvalue weighted by Crippen LogP contribution is 2.11. The Morgan fingerprint density at radius 1 is 1.45 bits per heavy atom. The van der Waals surface area contributed by atoms with E-state index in [9.17, 15) is 0 Å². The van der Waals surface area contributed by atoms with Gasteiger partial charge in [-0.25, -0.2) is 0 Å². The van der Waals surface area contributed by atoms with Crippen molar-refractivity contribution >= 4 is 17.2 Å². The van der Waals surface area contributed by atoms with Gasteiger partial charge in [0.05, 0.1) is 11.0 Å². The van der Waals surface area contributed by atoms with Crippen LogP contribution < -0.4 is 0 Å². The minimum absolute atomic E-state index is 1.01. The topological polar surface area (TPSA) is 17.8 Å². The van der Waals surface area contributed by atoms with Crippen molar-refractivity contribution in [3.05, 3.63) is 37.2 Å². The standard InChI is InChI=1S/C9H8N2/c1-2-11-7-5-8-9(11)4-3-6-10-8/h2-7H,1H2. The van der Waals surface area contributed by atoms with Crippen LogP contribution in [0.5, 0.6) is 0 Å². The Balaban J connectivity index is 2.86. The molecule has 54 valence electrons. The number of aromatic nitrogens is 2. The molecule has 0 bridgehead atoms. The van der Waals surface area contributed by atoms with Gasteiger partial charge in [0.1, 0.15) is 0 Å². The highest BCUT2D eigenvalue weighted by molar-refractivity contribution is 5.77. The molecule has 0 saturated carbocycles. The van der Waals surface area contributed by atoms with Crippen LogP contribution in [0.4, 0.5) is 0 Å². The predicted molar refractivity (Wildman–Crippen MR) is 46.1 cm³/mol. The number of fused-ring (bicyclic) bond motifs is 1. The second kappa shape index (κ2) is 2.23. The number of hydrogen-bond acceptors (Lipinski definition) is 1. The van der Waals surface area contributed by atoms with Crippen molar-refractivity contribution in [1.29, 1.82) is 0 Å². The molecule has 11 heavy (non-hydrogen) atoms. The second-order valence-electron chi connectivity index (χ2n) is 2.31. The molecule has 2 rings (SSSR count). The van der Waals surface area contributed by atoms with Gasteiger partial charge in [-0.2, -0.15) is 0 Å². The summed E-state index contributed by atoms with van der Waals surface area (Å²) in [5, 5.41) is 0. The SMILES string of the molecule is C=Cn1ccc2ncccc21. The summed E-state index contributed by atoms with van der Waals surface area (Å²) in [5.41, 5.74) is 2.11. The molecule has 0 aliphatic heterocycles. The summed E-state index contributed by atoms with van der Waals surface area (Å²) >= 11 is 0. The zero-order valence-corrected chi connectivity index (χ0v) is 6.07. The second-order valence-corrected chi connectivity index (χ2v) is 2.31. The lowest BCUT2D eigenvalue weighted by atomic mass is 10.4. The van der Waals surface area contributed by atoms with Crippen molar-refractivity contribution in [2.75, 3.05) is 0 Å². The third-order valence-electron chi connectivity index (χ3n) is 1.68. The first-order chi connectivity index (χ1) is 5.42. The van der Waals surface area contributed by atoms with E-state index in [2.05, 4.69) is 11.6 Å². The predicted octanol–water partition coefficient (Wildman–Crippen LogP) is 2.14. The Hall–Kier alpha value is -1.57. The molecule has 0 aromatic carbocycles. The third-order valence-corrected chi connectivity index (χ3v) is 1.68. The minimum Gasteiger partial charge on any atom is -0.322 e. The van der Waals surface area contributed by atoms with Crippen molar-refractivity contribution in [2.45, 2.75) is 0 Å². The van der Waals surface area contributed by atoms with E-state index >= 15 is 0 Å². The van der Waals surface area contributed by atoms with E-state index in [0.29, 0.717) is 0 Å². The lowest BCUT2D eigenvalue weighted by Crippen LogP contribution is -1.80. The summed E-state index contributed by atoms with van der Waals surface area (Å²) in [5.74, 6) is 0. The molecule has 0 N–H and O–H groups in total. The summed E-state index contributed by atoms with van der Waals surface area (Å²) in [4.78, 5) is 4.18. The lowest BCUT2D eigenvalue weighted by molar-refractivity contribution is 1.23. The Kier molecular flexibility index (Phi) is 1.25. The summed E-state index contributed by atoms with van der Waals surface area (Å²) in [6.07, 6.45) is 5.50. The highest BCUT2D eigenvalue weighted by atomic mass is 14.9. The Bertz CT molecular complexity index is 387.